The van der Waals surface area contributed by atoms with Crippen LogP contribution < -0.4 is 5.32 Å². The van der Waals surface area contributed by atoms with Gasteiger partial charge in [-0.15, -0.1) is 6.58 Å². The van der Waals surface area contributed by atoms with Crippen LogP contribution in [-0.2, 0) is 0 Å². The Bertz CT molecular complexity index is 168. The van der Waals surface area contributed by atoms with Crippen LogP contribution in [0.15, 0.2) is 12.7 Å². The SMILES string of the molecule is C=CCCNC1CCCN(CCC)CC1. The zero-order valence-electron chi connectivity index (χ0n) is 10.2. The molecule has 2 nitrogen and oxygen atoms in total. The Morgan fingerprint density at radius 3 is 3.00 bits per heavy atom. The third-order valence-corrected chi connectivity index (χ3v) is 3.14. The molecule has 0 saturated carbocycles. The van der Waals surface area contributed by atoms with E-state index in [9.17, 15) is 0 Å². The lowest BCUT2D eigenvalue weighted by Crippen LogP contribution is -2.31. The molecule has 88 valence electrons. The van der Waals surface area contributed by atoms with E-state index in [2.05, 4.69) is 23.7 Å². The molecule has 1 N–H and O–H groups in total. The van der Waals surface area contributed by atoms with Crippen LogP contribution in [0.4, 0.5) is 0 Å². The standard InChI is InChI=1S/C13H26N2/c1-3-5-9-14-13-7-6-11-15(10-4-2)12-8-13/h3,13-14H,1,4-12H2,2H3. The summed E-state index contributed by atoms with van der Waals surface area (Å²) in [5.74, 6) is 0. The van der Waals surface area contributed by atoms with Gasteiger partial charge in [0.05, 0.1) is 0 Å². The summed E-state index contributed by atoms with van der Waals surface area (Å²) in [5, 5.41) is 3.63. The van der Waals surface area contributed by atoms with Crippen molar-refractivity contribution in [2.75, 3.05) is 26.2 Å². The summed E-state index contributed by atoms with van der Waals surface area (Å²) in [6.45, 7) is 11.0. The van der Waals surface area contributed by atoms with E-state index < -0.39 is 0 Å². The maximum Gasteiger partial charge on any atom is 0.00798 e. The number of hydrogen-bond acceptors (Lipinski definition) is 2. The van der Waals surface area contributed by atoms with Crippen molar-refractivity contribution in [2.24, 2.45) is 0 Å². The van der Waals surface area contributed by atoms with Gasteiger partial charge in [0.1, 0.15) is 0 Å². The number of nitrogens with zero attached hydrogens (tertiary/aromatic N) is 1. The summed E-state index contributed by atoms with van der Waals surface area (Å²) in [6, 6.07) is 0.742. The van der Waals surface area contributed by atoms with Crippen LogP contribution in [0.5, 0.6) is 0 Å². The second-order valence-electron chi connectivity index (χ2n) is 4.50. The first-order chi connectivity index (χ1) is 7.36. The third-order valence-electron chi connectivity index (χ3n) is 3.14. The van der Waals surface area contributed by atoms with Crippen molar-refractivity contribution in [2.45, 2.75) is 45.1 Å². The molecule has 1 fully saturated rings. The summed E-state index contributed by atoms with van der Waals surface area (Å²) in [7, 11) is 0. The molecular formula is C13H26N2. The van der Waals surface area contributed by atoms with Crippen molar-refractivity contribution in [3.8, 4) is 0 Å². The van der Waals surface area contributed by atoms with Gasteiger partial charge in [-0.1, -0.05) is 13.0 Å². The van der Waals surface area contributed by atoms with Crippen LogP contribution in [0.25, 0.3) is 0 Å². The summed E-state index contributed by atoms with van der Waals surface area (Å²) < 4.78 is 0. The minimum atomic E-state index is 0.742. The monoisotopic (exact) mass is 210 g/mol. The summed E-state index contributed by atoms with van der Waals surface area (Å²) in [4.78, 5) is 2.61. The van der Waals surface area contributed by atoms with Gasteiger partial charge in [0, 0.05) is 6.04 Å². The van der Waals surface area contributed by atoms with Gasteiger partial charge in [0.25, 0.3) is 0 Å². The van der Waals surface area contributed by atoms with Crippen LogP contribution in [-0.4, -0.2) is 37.1 Å². The van der Waals surface area contributed by atoms with Gasteiger partial charge in [-0.05, 0) is 58.3 Å². The van der Waals surface area contributed by atoms with E-state index in [1.807, 2.05) is 6.08 Å². The lowest BCUT2D eigenvalue weighted by Gasteiger charge is -2.19. The molecule has 0 spiro atoms. The minimum absolute atomic E-state index is 0.742. The number of likely N-dealkylation sites (tertiary alicyclic amines) is 1. The molecule has 1 heterocycles. The highest BCUT2D eigenvalue weighted by Crippen LogP contribution is 2.11. The fourth-order valence-electron chi connectivity index (χ4n) is 2.29. The highest BCUT2D eigenvalue weighted by Gasteiger charge is 2.15. The summed E-state index contributed by atoms with van der Waals surface area (Å²) >= 11 is 0. The van der Waals surface area contributed by atoms with E-state index in [0.717, 1.165) is 19.0 Å². The molecule has 1 aliphatic heterocycles. The predicted molar refractivity (Wildman–Crippen MR) is 67.2 cm³/mol. The first-order valence-electron chi connectivity index (χ1n) is 6.43. The smallest absolute Gasteiger partial charge is 0.00798 e. The van der Waals surface area contributed by atoms with Gasteiger partial charge >= 0.3 is 0 Å². The topological polar surface area (TPSA) is 15.3 Å². The molecule has 0 aromatic rings. The molecule has 0 aliphatic carbocycles. The Morgan fingerprint density at radius 2 is 2.27 bits per heavy atom. The Kier molecular flexibility index (Phi) is 6.69. The van der Waals surface area contributed by atoms with Crippen LogP contribution in [0, 0.1) is 0 Å². The molecule has 1 atom stereocenters. The predicted octanol–water partition coefficient (Wildman–Crippen LogP) is 2.42. The van der Waals surface area contributed by atoms with Crippen molar-refractivity contribution < 1.29 is 0 Å². The first-order valence-corrected chi connectivity index (χ1v) is 6.43. The van der Waals surface area contributed by atoms with E-state index in [0.29, 0.717) is 0 Å². The first kappa shape index (κ1) is 12.7. The maximum atomic E-state index is 3.75. The zero-order chi connectivity index (χ0) is 10.9. The fourth-order valence-corrected chi connectivity index (χ4v) is 2.29. The number of hydrogen-bond donors (Lipinski definition) is 1. The van der Waals surface area contributed by atoms with Gasteiger partial charge < -0.3 is 10.2 Å². The third kappa shape index (κ3) is 5.33. The van der Waals surface area contributed by atoms with E-state index in [-0.39, 0.29) is 0 Å². The Morgan fingerprint density at radius 1 is 1.40 bits per heavy atom. The molecule has 1 unspecified atom stereocenters. The van der Waals surface area contributed by atoms with E-state index >= 15 is 0 Å². The molecule has 0 amide bonds. The van der Waals surface area contributed by atoms with E-state index in [1.165, 1.54) is 45.3 Å². The molecule has 0 radical (unpaired) electrons. The summed E-state index contributed by atoms with van der Waals surface area (Å²) in [5.41, 5.74) is 0. The highest BCUT2D eigenvalue weighted by atomic mass is 15.1. The average molecular weight is 210 g/mol. The number of rotatable bonds is 6. The Labute approximate surface area is 94.7 Å². The molecule has 1 rings (SSSR count). The van der Waals surface area contributed by atoms with Crippen molar-refractivity contribution >= 4 is 0 Å². The lowest BCUT2D eigenvalue weighted by atomic mass is 10.1. The second-order valence-corrected chi connectivity index (χ2v) is 4.50. The molecule has 15 heavy (non-hydrogen) atoms. The van der Waals surface area contributed by atoms with Crippen molar-refractivity contribution in [3.05, 3.63) is 12.7 Å². The van der Waals surface area contributed by atoms with E-state index in [4.69, 9.17) is 0 Å². The maximum absolute atomic E-state index is 3.75. The van der Waals surface area contributed by atoms with Crippen LogP contribution in [0.2, 0.25) is 0 Å². The molecule has 1 saturated heterocycles. The van der Waals surface area contributed by atoms with Gasteiger partial charge in [0.15, 0.2) is 0 Å². The Hall–Kier alpha value is -0.340. The van der Waals surface area contributed by atoms with Crippen molar-refractivity contribution in [3.63, 3.8) is 0 Å². The van der Waals surface area contributed by atoms with E-state index in [1.54, 1.807) is 0 Å². The van der Waals surface area contributed by atoms with Gasteiger partial charge in [-0.25, -0.2) is 0 Å². The van der Waals surface area contributed by atoms with Crippen LogP contribution in [0.3, 0.4) is 0 Å². The molecule has 0 aromatic heterocycles. The highest BCUT2D eigenvalue weighted by molar-refractivity contribution is 4.76. The van der Waals surface area contributed by atoms with Crippen LogP contribution in [0.1, 0.15) is 39.0 Å². The van der Waals surface area contributed by atoms with Gasteiger partial charge in [0.2, 0.25) is 0 Å². The second kappa shape index (κ2) is 7.89. The van der Waals surface area contributed by atoms with Crippen molar-refractivity contribution in [1.29, 1.82) is 0 Å². The largest absolute Gasteiger partial charge is 0.314 e. The molecule has 1 aliphatic rings. The molecular weight excluding hydrogens is 184 g/mol. The fraction of sp³-hybridized carbons (Fsp3) is 0.846. The van der Waals surface area contributed by atoms with Gasteiger partial charge in [-0.3, -0.25) is 0 Å². The van der Waals surface area contributed by atoms with Gasteiger partial charge in [-0.2, -0.15) is 0 Å². The normalized spacial score (nSPS) is 23.7. The summed E-state index contributed by atoms with van der Waals surface area (Å²) in [6.07, 6.45) is 8.39. The number of nitrogens with one attached hydrogen (secondary N) is 1. The van der Waals surface area contributed by atoms with Crippen LogP contribution >= 0.6 is 0 Å². The molecule has 2 heteroatoms. The quantitative estimate of drug-likeness (QED) is 0.535. The molecule has 0 aromatic carbocycles. The van der Waals surface area contributed by atoms with Crippen molar-refractivity contribution in [1.82, 2.24) is 10.2 Å². The minimum Gasteiger partial charge on any atom is -0.314 e. The Balaban J connectivity index is 2.17. The zero-order valence-corrected chi connectivity index (χ0v) is 10.2. The molecule has 0 bridgehead atoms. The average Bonchev–Trinajstić information content (AvgIpc) is 2.45. The lowest BCUT2D eigenvalue weighted by molar-refractivity contribution is 0.283.